The lowest BCUT2D eigenvalue weighted by Gasteiger charge is -2.37. The van der Waals surface area contributed by atoms with Crippen LogP contribution in [0.3, 0.4) is 0 Å². The maximum absolute atomic E-state index is 12.5. The molecule has 2 fully saturated rings. The molecule has 0 bridgehead atoms. The highest BCUT2D eigenvalue weighted by molar-refractivity contribution is 5.74. The minimum absolute atomic E-state index is 0.178. The van der Waals surface area contributed by atoms with Crippen molar-refractivity contribution >= 4 is 6.03 Å². The molecule has 0 aromatic heterocycles. The number of hydrogen-bond acceptors (Lipinski definition) is 4. The van der Waals surface area contributed by atoms with Gasteiger partial charge in [-0.3, -0.25) is 4.90 Å². The molecule has 0 N–H and O–H groups in total. The topological polar surface area (TPSA) is 59.8 Å². The van der Waals surface area contributed by atoms with Crippen molar-refractivity contribution in [1.82, 2.24) is 14.7 Å². The smallest absolute Gasteiger partial charge is 0.320 e. The summed E-state index contributed by atoms with van der Waals surface area (Å²) in [6.07, 6.45) is 10.1. The first-order valence-electron chi connectivity index (χ1n) is 10.9. The van der Waals surface area contributed by atoms with E-state index in [0.717, 1.165) is 58.7 Å². The van der Waals surface area contributed by atoms with Gasteiger partial charge in [-0.2, -0.15) is 5.26 Å². The van der Waals surface area contributed by atoms with Gasteiger partial charge < -0.3 is 14.5 Å². The largest absolute Gasteiger partial charge is 0.352 e. The van der Waals surface area contributed by atoms with Gasteiger partial charge in [0.15, 0.2) is 5.60 Å². The molecule has 6 nitrogen and oxygen atoms in total. The number of carbonyl (C=O) groups excluding carboxylic acids is 1. The second-order valence-corrected chi connectivity index (χ2v) is 8.21. The number of ether oxygens (including phenoxy) is 1. The van der Waals surface area contributed by atoms with Crippen molar-refractivity contribution in [3.63, 3.8) is 0 Å². The van der Waals surface area contributed by atoms with E-state index in [1.807, 2.05) is 52.3 Å². The predicted octanol–water partition coefficient (Wildman–Crippen LogP) is 3.01. The molecular formula is C24H30N4O2. The number of rotatable bonds is 5. The zero-order chi connectivity index (χ0) is 20.8. The molecule has 2 saturated heterocycles. The van der Waals surface area contributed by atoms with Crippen molar-refractivity contribution in [2.45, 2.75) is 24.4 Å². The van der Waals surface area contributed by atoms with Crippen molar-refractivity contribution in [1.29, 1.82) is 5.26 Å². The van der Waals surface area contributed by atoms with Crippen molar-refractivity contribution in [3.05, 3.63) is 60.2 Å². The van der Waals surface area contributed by atoms with E-state index in [2.05, 4.69) is 23.1 Å². The van der Waals surface area contributed by atoms with Crippen LogP contribution in [-0.2, 0) is 4.74 Å². The van der Waals surface area contributed by atoms with Gasteiger partial charge >= 0.3 is 6.03 Å². The van der Waals surface area contributed by atoms with E-state index in [4.69, 9.17) is 4.74 Å². The van der Waals surface area contributed by atoms with Crippen LogP contribution >= 0.6 is 0 Å². The molecule has 6 heteroatoms. The zero-order valence-corrected chi connectivity index (χ0v) is 17.4. The second kappa shape index (κ2) is 9.46. The Bertz CT molecular complexity index is 801. The van der Waals surface area contributed by atoms with Gasteiger partial charge in [-0.25, -0.2) is 4.79 Å². The van der Waals surface area contributed by atoms with Gasteiger partial charge in [0.25, 0.3) is 0 Å². The lowest BCUT2D eigenvalue weighted by molar-refractivity contribution is 0.0376. The maximum Gasteiger partial charge on any atom is 0.320 e. The fourth-order valence-electron chi connectivity index (χ4n) is 4.33. The van der Waals surface area contributed by atoms with E-state index >= 15 is 0 Å². The molecule has 0 spiro atoms. The Morgan fingerprint density at radius 2 is 1.63 bits per heavy atom. The molecule has 3 aliphatic rings. The Labute approximate surface area is 179 Å². The molecule has 0 atom stereocenters. The Hall–Kier alpha value is -2.62. The molecule has 1 aromatic rings. The third-order valence-corrected chi connectivity index (χ3v) is 6.23. The minimum atomic E-state index is -0.987. The number of carbonyl (C=O) groups is 1. The first kappa shape index (κ1) is 20.6. The van der Waals surface area contributed by atoms with Crippen LogP contribution in [0.15, 0.2) is 54.6 Å². The summed E-state index contributed by atoms with van der Waals surface area (Å²) < 4.78 is 6.00. The lowest BCUT2D eigenvalue weighted by atomic mass is 9.89. The van der Waals surface area contributed by atoms with Crippen molar-refractivity contribution in [3.8, 4) is 6.07 Å². The van der Waals surface area contributed by atoms with Gasteiger partial charge in [-0.1, -0.05) is 42.5 Å². The van der Waals surface area contributed by atoms with Crippen LogP contribution in [0.4, 0.5) is 4.79 Å². The first-order valence-corrected chi connectivity index (χ1v) is 10.9. The fraction of sp³-hybridized carbons (Fsp3) is 0.500. The summed E-state index contributed by atoms with van der Waals surface area (Å²) in [6, 6.07) is 12.7. The predicted molar refractivity (Wildman–Crippen MR) is 116 cm³/mol. The van der Waals surface area contributed by atoms with Crippen LogP contribution in [0.5, 0.6) is 0 Å². The van der Waals surface area contributed by atoms with E-state index in [0.29, 0.717) is 6.61 Å². The van der Waals surface area contributed by atoms with E-state index in [9.17, 15) is 10.1 Å². The highest BCUT2D eigenvalue weighted by Gasteiger charge is 2.30. The van der Waals surface area contributed by atoms with Gasteiger partial charge in [0.05, 0.1) is 6.61 Å². The van der Waals surface area contributed by atoms with Gasteiger partial charge in [-0.15, -0.1) is 0 Å². The quantitative estimate of drug-likeness (QED) is 0.706. The third-order valence-electron chi connectivity index (χ3n) is 6.23. The van der Waals surface area contributed by atoms with Crippen LogP contribution in [-0.4, -0.2) is 78.8 Å². The van der Waals surface area contributed by atoms with Gasteiger partial charge in [0, 0.05) is 51.7 Å². The number of amides is 2. The maximum atomic E-state index is 12.5. The molecule has 0 saturated carbocycles. The Balaban J connectivity index is 1.22. The van der Waals surface area contributed by atoms with Crippen molar-refractivity contribution in [2.24, 2.45) is 0 Å². The third kappa shape index (κ3) is 4.75. The van der Waals surface area contributed by atoms with E-state index < -0.39 is 5.60 Å². The summed E-state index contributed by atoms with van der Waals surface area (Å²) >= 11 is 0. The highest BCUT2D eigenvalue weighted by atomic mass is 16.5. The van der Waals surface area contributed by atoms with Crippen LogP contribution < -0.4 is 0 Å². The summed E-state index contributed by atoms with van der Waals surface area (Å²) in [5.74, 6) is 0.178. The molecular weight excluding hydrogens is 376 g/mol. The van der Waals surface area contributed by atoms with E-state index in [1.165, 1.54) is 5.56 Å². The molecule has 0 radical (unpaired) electrons. The average Bonchev–Trinajstić information content (AvgIpc) is 3.35. The molecule has 1 aromatic carbocycles. The Kier molecular flexibility index (Phi) is 6.51. The summed E-state index contributed by atoms with van der Waals surface area (Å²) in [4.78, 5) is 18.7. The number of urea groups is 1. The number of nitriles is 1. The highest BCUT2D eigenvalue weighted by Crippen LogP contribution is 2.28. The normalized spacial score (nSPS) is 26.7. The minimum Gasteiger partial charge on any atom is -0.352 e. The summed E-state index contributed by atoms with van der Waals surface area (Å²) in [6.45, 7) is 6.27. The monoisotopic (exact) mass is 406 g/mol. The standard InChI is InChI=1S/C24H30N4O2/c25-20-24(10-8-22(9-11-24)21-6-2-1-3-7-21)30-19-18-26-14-16-28(17-15-26)23(29)27-12-4-5-13-27/h1-3,6-11,22H,4-5,12-19H2. The SMILES string of the molecule is N#CC1(OCCN2CCN(C(=O)N3CCCC3)CC2)C=CC(c2ccccc2)C=C1. The summed E-state index contributed by atoms with van der Waals surface area (Å²) in [7, 11) is 0. The molecule has 0 unspecified atom stereocenters. The Morgan fingerprint density at radius 3 is 2.27 bits per heavy atom. The Morgan fingerprint density at radius 1 is 1.00 bits per heavy atom. The van der Waals surface area contributed by atoms with Gasteiger partial charge in [-0.05, 0) is 30.6 Å². The molecule has 1 aliphatic carbocycles. The number of piperazine rings is 1. The van der Waals surface area contributed by atoms with Crippen LogP contribution in [0.2, 0.25) is 0 Å². The summed E-state index contributed by atoms with van der Waals surface area (Å²) in [5.41, 5.74) is 0.219. The molecule has 30 heavy (non-hydrogen) atoms. The average molecular weight is 407 g/mol. The number of likely N-dealkylation sites (tertiary alicyclic amines) is 1. The number of benzene rings is 1. The first-order chi connectivity index (χ1) is 14.7. The number of allylic oxidation sites excluding steroid dienone is 2. The number of nitrogens with zero attached hydrogens (tertiary/aromatic N) is 4. The van der Waals surface area contributed by atoms with Gasteiger partial charge in [0.1, 0.15) is 6.07 Å². The van der Waals surface area contributed by atoms with E-state index in [-0.39, 0.29) is 11.9 Å². The van der Waals surface area contributed by atoms with Gasteiger partial charge in [0.2, 0.25) is 0 Å². The van der Waals surface area contributed by atoms with E-state index in [1.54, 1.807) is 0 Å². The van der Waals surface area contributed by atoms with Crippen molar-refractivity contribution < 1.29 is 9.53 Å². The van der Waals surface area contributed by atoms with Crippen LogP contribution in [0, 0.1) is 11.3 Å². The zero-order valence-electron chi connectivity index (χ0n) is 17.4. The molecule has 2 aliphatic heterocycles. The second-order valence-electron chi connectivity index (χ2n) is 8.21. The van der Waals surface area contributed by atoms with Crippen LogP contribution in [0.1, 0.15) is 24.3 Å². The van der Waals surface area contributed by atoms with Crippen molar-refractivity contribution in [2.75, 3.05) is 52.4 Å². The van der Waals surface area contributed by atoms with Crippen LogP contribution in [0.25, 0.3) is 0 Å². The molecule has 4 rings (SSSR count). The summed E-state index contributed by atoms with van der Waals surface area (Å²) in [5, 5.41) is 9.70. The fourth-order valence-corrected chi connectivity index (χ4v) is 4.33. The lowest BCUT2D eigenvalue weighted by Crippen LogP contribution is -2.52. The molecule has 2 amide bonds. The molecule has 158 valence electrons. The number of hydrogen-bond donors (Lipinski definition) is 0. The molecule has 2 heterocycles.